The lowest BCUT2D eigenvalue weighted by molar-refractivity contribution is -0.178. The number of carbonyl (C=O) groups excluding carboxylic acids is 2. The summed E-state index contributed by atoms with van der Waals surface area (Å²) in [6, 6.07) is 6.39. The van der Waals surface area contributed by atoms with Gasteiger partial charge in [-0.05, 0) is 43.2 Å². The highest BCUT2D eigenvalue weighted by molar-refractivity contribution is 5.98. The molecule has 4 heteroatoms. The van der Waals surface area contributed by atoms with Crippen LogP contribution in [0.1, 0.15) is 69.9 Å². The van der Waals surface area contributed by atoms with Crippen molar-refractivity contribution in [2.45, 2.75) is 76.2 Å². The van der Waals surface area contributed by atoms with Gasteiger partial charge in [-0.15, -0.1) is 0 Å². The summed E-state index contributed by atoms with van der Waals surface area (Å²) in [4.78, 5) is 24.2. The van der Waals surface area contributed by atoms with E-state index in [1.165, 1.54) is 24.0 Å². The van der Waals surface area contributed by atoms with Crippen molar-refractivity contribution < 1.29 is 19.1 Å². The van der Waals surface area contributed by atoms with Crippen LogP contribution in [0.3, 0.4) is 0 Å². The molecule has 1 aromatic carbocycles. The SMILES string of the molecule is CC1(C)COc2ccc(CCC3(C4CCCC4)CC(=O)CC(=O)O3)cc21. The van der Waals surface area contributed by atoms with Crippen LogP contribution < -0.4 is 4.74 Å². The lowest BCUT2D eigenvalue weighted by atomic mass is 9.75. The highest BCUT2D eigenvalue weighted by Crippen LogP contribution is 2.44. The molecule has 2 aliphatic heterocycles. The molecule has 1 aromatic rings. The minimum absolute atomic E-state index is 0.0295. The second-order valence-corrected chi connectivity index (χ2v) is 8.92. The third kappa shape index (κ3) is 3.15. The zero-order chi connectivity index (χ0) is 18.4. The Bertz CT molecular complexity index is 712. The fourth-order valence-corrected chi connectivity index (χ4v) is 4.96. The van der Waals surface area contributed by atoms with Crippen LogP contribution in [0.4, 0.5) is 0 Å². The van der Waals surface area contributed by atoms with Crippen molar-refractivity contribution in [3.63, 3.8) is 0 Å². The van der Waals surface area contributed by atoms with Gasteiger partial charge in [-0.25, -0.2) is 0 Å². The number of hydrogen-bond acceptors (Lipinski definition) is 4. The maximum absolute atomic E-state index is 12.2. The maximum atomic E-state index is 12.2. The Morgan fingerprint density at radius 3 is 2.65 bits per heavy atom. The predicted octanol–water partition coefficient (Wildman–Crippen LogP) is 4.12. The van der Waals surface area contributed by atoms with Crippen LogP contribution in [0.5, 0.6) is 5.75 Å². The summed E-state index contributed by atoms with van der Waals surface area (Å²) in [7, 11) is 0. The van der Waals surface area contributed by atoms with Crippen molar-refractivity contribution in [1.82, 2.24) is 0 Å². The van der Waals surface area contributed by atoms with Gasteiger partial charge in [0.1, 0.15) is 23.6 Å². The second kappa shape index (κ2) is 6.40. The Morgan fingerprint density at radius 1 is 1.15 bits per heavy atom. The van der Waals surface area contributed by atoms with E-state index in [-0.39, 0.29) is 23.6 Å². The van der Waals surface area contributed by atoms with Crippen LogP contribution in [0.2, 0.25) is 0 Å². The van der Waals surface area contributed by atoms with Gasteiger partial charge in [-0.1, -0.05) is 38.8 Å². The van der Waals surface area contributed by atoms with Gasteiger partial charge in [0.15, 0.2) is 0 Å². The number of ketones is 1. The van der Waals surface area contributed by atoms with Gasteiger partial charge in [0.2, 0.25) is 0 Å². The number of carbonyl (C=O) groups is 2. The topological polar surface area (TPSA) is 52.6 Å². The number of ether oxygens (including phenoxy) is 2. The highest BCUT2D eigenvalue weighted by atomic mass is 16.6. The molecule has 1 aliphatic carbocycles. The quantitative estimate of drug-likeness (QED) is 0.601. The molecule has 2 fully saturated rings. The van der Waals surface area contributed by atoms with Crippen molar-refractivity contribution in [2.24, 2.45) is 5.92 Å². The van der Waals surface area contributed by atoms with Crippen LogP contribution in [0, 0.1) is 5.92 Å². The van der Waals surface area contributed by atoms with Crippen LogP contribution in [0.15, 0.2) is 18.2 Å². The van der Waals surface area contributed by atoms with Crippen molar-refractivity contribution in [1.29, 1.82) is 0 Å². The molecule has 140 valence electrons. The molecule has 4 rings (SSSR count). The second-order valence-electron chi connectivity index (χ2n) is 8.92. The minimum Gasteiger partial charge on any atom is -0.492 e. The molecule has 3 aliphatic rings. The number of aryl methyl sites for hydroxylation is 1. The average Bonchev–Trinajstić information content (AvgIpc) is 3.21. The van der Waals surface area contributed by atoms with E-state index < -0.39 is 5.60 Å². The third-order valence-electron chi connectivity index (χ3n) is 6.45. The first-order chi connectivity index (χ1) is 12.4. The number of cyclic esters (lactones) is 1. The van der Waals surface area contributed by atoms with Crippen molar-refractivity contribution in [3.8, 4) is 5.75 Å². The van der Waals surface area contributed by atoms with E-state index in [2.05, 4.69) is 32.0 Å². The number of Topliss-reactive ketones (excluding diaryl/α,β-unsaturated/α-hetero) is 1. The minimum atomic E-state index is -0.589. The molecule has 0 amide bonds. The summed E-state index contributed by atoms with van der Waals surface area (Å²) in [6.07, 6.45) is 6.35. The molecule has 2 heterocycles. The zero-order valence-electron chi connectivity index (χ0n) is 15.8. The fourth-order valence-electron chi connectivity index (χ4n) is 4.96. The molecule has 1 unspecified atom stereocenters. The first-order valence-corrected chi connectivity index (χ1v) is 9.88. The summed E-state index contributed by atoms with van der Waals surface area (Å²) >= 11 is 0. The average molecular weight is 356 g/mol. The molecule has 1 saturated carbocycles. The summed E-state index contributed by atoms with van der Waals surface area (Å²) in [5.41, 5.74) is 1.92. The molecule has 26 heavy (non-hydrogen) atoms. The number of fused-ring (bicyclic) bond motifs is 1. The lowest BCUT2D eigenvalue weighted by Gasteiger charge is -2.41. The van der Waals surface area contributed by atoms with E-state index >= 15 is 0 Å². The molecule has 0 N–H and O–H groups in total. The molecule has 0 radical (unpaired) electrons. The van der Waals surface area contributed by atoms with Crippen LogP contribution in [-0.4, -0.2) is 24.0 Å². The smallest absolute Gasteiger partial charge is 0.313 e. The molecule has 0 aromatic heterocycles. The van der Waals surface area contributed by atoms with E-state index in [1.54, 1.807) is 0 Å². The van der Waals surface area contributed by atoms with E-state index in [1.807, 2.05) is 0 Å². The molecule has 0 bridgehead atoms. The number of hydrogen-bond donors (Lipinski definition) is 0. The van der Waals surface area contributed by atoms with E-state index in [0.717, 1.165) is 31.4 Å². The summed E-state index contributed by atoms with van der Waals surface area (Å²) < 4.78 is 11.7. The Hall–Kier alpha value is -1.84. The first-order valence-electron chi connectivity index (χ1n) is 9.88. The van der Waals surface area contributed by atoms with Crippen LogP contribution in [0.25, 0.3) is 0 Å². The van der Waals surface area contributed by atoms with Gasteiger partial charge >= 0.3 is 5.97 Å². The zero-order valence-corrected chi connectivity index (χ0v) is 15.8. The summed E-state index contributed by atoms with van der Waals surface area (Å²) in [5, 5.41) is 0. The Balaban J connectivity index is 1.56. The van der Waals surface area contributed by atoms with E-state index in [4.69, 9.17) is 9.47 Å². The third-order valence-corrected chi connectivity index (χ3v) is 6.45. The van der Waals surface area contributed by atoms with Gasteiger partial charge in [0, 0.05) is 17.4 Å². The van der Waals surface area contributed by atoms with Gasteiger partial charge in [-0.2, -0.15) is 0 Å². The Morgan fingerprint density at radius 2 is 1.92 bits per heavy atom. The maximum Gasteiger partial charge on any atom is 0.313 e. The molecule has 4 nitrogen and oxygen atoms in total. The molecule has 1 atom stereocenters. The van der Waals surface area contributed by atoms with Crippen molar-refractivity contribution in [2.75, 3.05) is 6.61 Å². The van der Waals surface area contributed by atoms with E-state index in [0.29, 0.717) is 18.9 Å². The molecule has 1 saturated heterocycles. The van der Waals surface area contributed by atoms with Crippen LogP contribution in [-0.2, 0) is 26.2 Å². The first kappa shape index (κ1) is 17.6. The predicted molar refractivity (Wildman–Crippen MR) is 98.3 cm³/mol. The number of benzene rings is 1. The summed E-state index contributed by atoms with van der Waals surface area (Å²) in [6.45, 7) is 5.11. The highest BCUT2D eigenvalue weighted by Gasteiger charge is 2.47. The summed E-state index contributed by atoms with van der Waals surface area (Å²) in [5.74, 6) is 1.00. The largest absolute Gasteiger partial charge is 0.492 e. The monoisotopic (exact) mass is 356 g/mol. The van der Waals surface area contributed by atoms with Gasteiger partial charge in [0.05, 0.1) is 6.61 Å². The standard InChI is InChI=1S/C22H28O4/c1-21(2)14-25-19-8-7-15(11-18(19)21)9-10-22(16-5-3-4-6-16)13-17(23)12-20(24)26-22/h7-8,11,16H,3-6,9-10,12-14H2,1-2H3. The number of esters is 1. The Kier molecular flexibility index (Phi) is 4.32. The van der Waals surface area contributed by atoms with E-state index in [9.17, 15) is 9.59 Å². The van der Waals surface area contributed by atoms with Crippen molar-refractivity contribution in [3.05, 3.63) is 29.3 Å². The molecule has 0 spiro atoms. The van der Waals surface area contributed by atoms with Gasteiger partial charge < -0.3 is 9.47 Å². The molecular formula is C22H28O4. The van der Waals surface area contributed by atoms with Gasteiger partial charge in [-0.3, -0.25) is 9.59 Å². The fraction of sp³-hybridized carbons (Fsp3) is 0.636. The van der Waals surface area contributed by atoms with Gasteiger partial charge in [0.25, 0.3) is 0 Å². The normalized spacial score (nSPS) is 27.9. The Labute approximate surface area is 155 Å². The van der Waals surface area contributed by atoms with Crippen molar-refractivity contribution >= 4 is 11.8 Å². The molecular weight excluding hydrogens is 328 g/mol. The van der Waals surface area contributed by atoms with Crippen LogP contribution >= 0.6 is 0 Å². The number of rotatable bonds is 4. The lowest BCUT2D eigenvalue weighted by Crippen LogP contribution is -2.48.